The third kappa shape index (κ3) is 6.99. The van der Waals surface area contributed by atoms with E-state index in [1.165, 1.54) is 24.5 Å². The summed E-state index contributed by atoms with van der Waals surface area (Å²) in [6, 6.07) is 16.6. The van der Waals surface area contributed by atoms with Gasteiger partial charge < -0.3 is 18.9 Å². The minimum absolute atomic E-state index is 0.0312. The number of allylic oxidation sites excluding steroid dienone is 1. The van der Waals surface area contributed by atoms with Crippen molar-refractivity contribution in [3.05, 3.63) is 118 Å². The van der Waals surface area contributed by atoms with Gasteiger partial charge in [0.05, 0.1) is 45.2 Å². The Labute approximate surface area is 277 Å². The summed E-state index contributed by atoms with van der Waals surface area (Å²) >= 11 is 3.36. The number of esters is 1. The van der Waals surface area contributed by atoms with Crippen LogP contribution in [-0.2, 0) is 16.1 Å². The first kappa shape index (κ1) is 32.4. The lowest BCUT2D eigenvalue weighted by molar-refractivity contribution is -0.143. The lowest BCUT2D eigenvalue weighted by Crippen LogP contribution is -2.40. The van der Waals surface area contributed by atoms with Crippen LogP contribution in [0.5, 0.6) is 17.2 Å². The van der Waals surface area contributed by atoms with Gasteiger partial charge in [-0.1, -0.05) is 41.7 Å². The van der Waals surface area contributed by atoms with Gasteiger partial charge in [-0.3, -0.25) is 9.36 Å². The number of thiazole rings is 1. The van der Waals surface area contributed by atoms with Crippen molar-refractivity contribution in [2.45, 2.75) is 46.4 Å². The molecule has 0 saturated heterocycles. The number of carbonyl (C=O) groups excluding carboxylic acids is 1. The Hall–Kier alpha value is -3.97. The lowest BCUT2D eigenvalue weighted by Gasteiger charge is -2.25. The normalized spacial score (nSPS) is 14.7. The van der Waals surface area contributed by atoms with Crippen LogP contribution in [0.4, 0.5) is 4.39 Å². The monoisotopic (exact) mass is 742 g/mol. The molecule has 2 heterocycles. The van der Waals surface area contributed by atoms with Crippen LogP contribution in [0.25, 0.3) is 6.08 Å². The van der Waals surface area contributed by atoms with Gasteiger partial charge in [0.1, 0.15) is 18.2 Å². The molecule has 0 unspecified atom stereocenters. The van der Waals surface area contributed by atoms with E-state index >= 15 is 0 Å². The van der Waals surface area contributed by atoms with Gasteiger partial charge in [0.25, 0.3) is 5.56 Å². The van der Waals surface area contributed by atoms with Crippen LogP contribution in [0.3, 0.4) is 0 Å². The number of fused-ring (bicyclic) bond motifs is 1. The molecular formula is C34H32FIN2O6S. The van der Waals surface area contributed by atoms with Crippen molar-refractivity contribution in [3.63, 3.8) is 0 Å². The van der Waals surface area contributed by atoms with E-state index in [1.807, 2.05) is 37.3 Å². The minimum Gasteiger partial charge on any atom is -0.494 e. The fourth-order valence-electron chi connectivity index (χ4n) is 4.97. The second-order valence-electron chi connectivity index (χ2n) is 10.5. The van der Waals surface area contributed by atoms with E-state index in [4.69, 9.17) is 18.9 Å². The third-order valence-electron chi connectivity index (χ3n) is 6.97. The van der Waals surface area contributed by atoms with Gasteiger partial charge in [-0.05, 0) is 97.8 Å². The summed E-state index contributed by atoms with van der Waals surface area (Å²) in [4.78, 5) is 32.6. The van der Waals surface area contributed by atoms with Crippen molar-refractivity contribution in [3.8, 4) is 17.2 Å². The molecule has 8 nitrogen and oxygen atoms in total. The Morgan fingerprint density at radius 1 is 1.13 bits per heavy atom. The molecule has 0 spiro atoms. The molecule has 1 aliphatic heterocycles. The number of hydrogen-bond donors (Lipinski definition) is 0. The van der Waals surface area contributed by atoms with Gasteiger partial charge in [0, 0.05) is 5.56 Å². The third-order valence-corrected chi connectivity index (χ3v) is 8.75. The van der Waals surface area contributed by atoms with Crippen molar-refractivity contribution in [2.24, 2.45) is 4.99 Å². The largest absolute Gasteiger partial charge is 0.494 e. The smallest absolute Gasteiger partial charge is 0.338 e. The minimum atomic E-state index is -0.742. The zero-order chi connectivity index (χ0) is 32.2. The number of rotatable bonds is 10. The van der Waals surface area contributed by atoms with E-state index in [-0.39, 0.29) is 24.1 Å². The number of halogens is 2. The quantitative estimate of drug-likeness (QED) is 0.148. The fourth-order valence-corrected chi connectivity index (χ4v) is 6.80. The topological polar surface area (TPSA) is 88.4 Å². The van der Waals surface area contributed by atoms with Crippen molar-refractivity contribution in [2.75, 3.05) is 13.7 Å². The number of benzene rings is 3. The number of carbonyl (C=O) groups is 1. The van der Waals surface area contributed by atoms with Crippen molar-refractivity contribution in [1.29, 1.82) is 0 Å². The first-order chi connectivity index (χ1) is 21.6. The van der Waals surface area contributed by atoms with Crippen LogP contribution in [0, 0.1) is 9.39 Å². The first-order valence-corrected chi connectivity index (χ1v) is 16.2. The Morgan fingerprint density at radius 2 is 1.87 bits per heavy atom. The molecule has 0 aliphatic carbocycles. The summed E-state index contributed by atoms with van der Waals surface area (Å²) < 4.78 is 39.6. The highest BCUT2D eigenvalue weighted by Crippen LogP contribution is 2.35. The van der Waals surface area contributed by atoms with Crippen LogP contribution in [-0.4, -0.2) is 30.4 Å². The first-order valence-electron chi connectivity index (χ1n) is 14.3. The summed E-state index contributed by atoms with van der Waals surface area (Å²) in [6.45, 7) is 7.76. The fraction of sp³-hybridized carbons (Fsp3) is 0.265. The number of ether oxygens (including phenoxy) is 4. The number of hydrogen-bond acceptors (Lipinski definition) is 8. The maximum absolute atomic E-state index is 14.2. The molecule has 45 heavy (non-hydrogen) atoms. The predicted octanol–water partition coefficient (Wildman–Crippen LogP) is 5.92. The SMILES string of the molecule is CCOc1ccc([C@@H]2C(C(=O)OC(C)C)=C(C)N=c3s/c(=C/c4cc(I)c(OCc5ccccc5F)c(OC)c4)c(=O)n32)cc1. The number of aromatic nitrogens is 1. The molecule has 5 rings (SSSR count). The molecular weight excluding hydrogens is 710 g/mol. The average Bonchev–Trinajstić information content (AvgIpc) is 3.30. The zero-order valence-electron chi connectivity index (χ0n) is 25.4. The average molecular weight is 743 g/mol. The van der Waals surface area contributed by atoms with Gasteiger partial charge in [-0.2, -0.15) is 0 Å². The second kappa shape index (κ2) is 14.0. The molecule has 0 N–H and O–H groups in total. The van der Waals surface area contributed by atoms with Gasteiger partial charge in [0.15, 0.2) is 16.3 Å². The molecule has 1 aliphatic rings. The maximum Gasteiger partial charge on any atom is 0.338 e. The van der Waals surface area contributed by atoms with Crippen LogP contribution >= 0.6 is 33.9 Å². The Morgan fingerprint density at radius 3 is 2.53 bits per heavy atom. The van der Waals surface area contributed by atoms with Crippen LogP contribution in [0.15, 0.2) is 81.7 Å². The molecule has 0 fully saturated rings. The van der Waals surface area contributed by atoms with Gasteiger partial charge in [-0.15, -0.1) is 0 Å². The maximum atomic E-state index is 14.2. The standard InChI is InChI=1S/C34H32FIN2O6S/c1-6-42-24-13-11-22(12-14-24)30-29(33(40)44-19(2)3)20(4)37-34-38(30)32(39)28(45-34)17-21-15-26(36)31(27(16-21)41-5)43-18-23-9-7-8-10-25(23)35/h7-17,19,30H,6,18H2,1-5H3/b28-17+/t30-/m1/s1. The highest BCUT2D eigenvalue weighted by molar-refractivity contribution is 14.1. The van der Waals surface area contributed by atoms with Gasteiger partial charge in [0.2, 0.25) is 0 Å². The van der Waals surface area contributed by atoms with E-state index in [0.717, 1.165) is 9.13 Å². The molecule has 0 saturated carbocycles. The molecule has 4 aromatic rings. The highest BCUT2D eigenvalue weighted by Gasteiger charge is 2.34. The molecule has 0 amide bonds. The summed E-state index contributed by atoms with van der Waals surface area (Å²) in [5.74, 6) is 0.728. The molecule has 234 valence electrons. The van der Waals surface area contributed by atoms with Gasteiger partial charge in [-0.25, -0.2) is 14.2 Å². The van der Waals surface area contributed by atoms with Crippen molar-refractivity contribution < 1.29 is 28.1 Å². The lowest BCUT2D eigenvalue weighted by atomic mass is 9.96. The molecule has 3 aromatic carbocycles. The predicted molar refractivity (Wildman–Crippen MR) is 179 cm³/mol. The molecule has 11 heteroatoms. The Bertz CT molecular complexity index is 1950. The van der Waals surface area contributed by atoms with E-state index in [2.05, 4.69) is 27.6 Å². The summed E-state index contributed by atoms with van der Waals surface area (Å²) in [7, 11) is 1.52. The van der Waals surface area contributed by atoms with E-state index < -0.39 is 12.0 Å². The van der Waals surface area contributed by atoms with Crippen molar-refractivity contribution in [1.82, 2.24) is 4.57 Å². The zero-order valence-corrected chi connectivity index (χ0v) is 28.4. The molecule has 1 aromatic heterocycles. The molecule has 0 radical (unpaired) electrons. The van der Waals surface area contributed by atoms with E-state index in [1.54, 1.807) is 55.7 Å². The van der Waals surface area contributed by atoms with E-state index in [0.29, 0.717) is 55.6 Å². The van der Waals surface area contributed by atoms with Crippen LogP contribution in [0.2, 0.25) is 0 Å². The van der Waals surface area contributed by atoms with Crippen molar-refractivity contribution >= 4 is 46.0 Å². The summed E-state index contributed by atoms with van der Waals surface area (Å²) in [6.07, 6.45) is 1.41. The summed E-state index contributed by atoms with van der Waals surface area (Å²) in [5.41, 5.74) is 2.35. The summed E-state index contributed by atoms with van der Waals surface area (Å²) in [5, 5.41) is 0. The number of methoxy groups -OCH3 is 1. The number of nitrogens with zero attached hydrogens (tertiary/aromatic N) is 2. The highest BCUT2D eigenvalue weighted by atomic mass is 127. The Balaban J connectivity index is 1.57. The van der Waals surface area contributed by atoms with E-state index in [9.17, 15) is 14.0 Å². The van der Waals surface area contributed by atoms with Crippen LogP contribution < -0.4 is 29.1 Å². The molecule has 1 atom stereocenters. The Kier molecular flexibility index (Phi) is 10.1. The van der Waals surface area contributed by atoms with Gasteiger partial charge >= 0.3 is 5.97 Å². The molecule has 0 bridgehead atoms. The second-order valence-corrected chi connectivity index (χ2v) is 12.6. The van der Waals surface area contributed by atoms with Crippen LogP contribution in [0.1, 0.15) is 50.4 Å².